The van der Waals surface area contributed by atoms with E-state index in [1.54, 1.807) is 0 Å². The highest BCUT2D eigenvalue weighted by Crippen LogP contribution is 2.43. The summed E-state index contributed by atoms with van der Waals surface area (Å²) in [6, 6.07) is 0. The van der Waals surface area contributed by atoms with Crippen molar-refractivity contribution in [1.82, 2.24) is 0 Å². The van der Waals surface area contributed by atoms with Gasteiger partial charge in [-0.05, 0) is 12.8 Å². The molecule has 310 valence electrons. The summed E-state index contributed by atoms with van der Waals surface area (Å²) in [6.07, 6.45) is 38.5. The Morgan fingerprint density at radius 1 is 0.500 bits per heavy atom. The van der Waals surface area contributed by atoms with Crippen LogP contribution in [0, 0.1) is 0 Å². The third kappa shape index (κ3) is 38.7. The molecule has 0 aromatic heterocycles. The molecular weight excluding hydrogens is 677 g/mol. The lowest BCUT2D eigenvalue weighted by atomic mass is 10.0. The summed E-state index contributed by atoms with van der Waals surface area (Å²) in [5, 5.41) is 0. The number of hydrogen-bond acceptors (Lipinski definition) is 8. The summed E-state index contributed by atoms with van der Waals surface area (Å²) in [7, 11) is -4.37. The molecule has 3 N–H and O–H groups in total. The minimum absolute atomic E-state index is 0.0580. The van der Waals surface area contributed by atoms with Crippen molar-refractivity contribution in [3.63, 3.8) is 0 Å². The average molecular weight is 762 g/mol. The fourth-order valence-corrected chi connectivity index (χ4v) is 7.23. The van der Waals surface area contributed by atoms with E-state index in [1.807, 2.05) is 0 Å². The van der Waals surface area contributed by atoms with Crippen LogP contribution in [0.25, 0.3) is 0 Å². The predicted molar refractivity (Wildman–Crippen MR) is 215 cm³/mol. The molecule has 0 radical (unpaired) electrons. The molecule has 0 heterocycles. The van der Waals surface area contributed by atoms with Crippen molar-refractivity contribution in [1.29, 1.82) is 0 Å². The van der Waals surface area contributed by atoms with Crippen molar-refractivity contribution in [2.24, 2.45) is 5.73 Å². The van der Waals surface area contributed by atoms with Crippen LogP contribution in [0.4, 0.5) is 0 Å². The molecule has 0 fully saturated rings. The molecule has 0 aliphatic rings. The van der Waals surface area contributed by atoms with Crippen LogP contribution in [0.2, 0.25) is 0 Å². The molecule has 0 saturated carbocycles. The van der Waals surface area contributed by atoms with E-state index in [0.717, 1.165) is 32.1 Å². The Morgan fingerprint density at radius 3 is 1.17 bits per heavy atom. The van der Waals surface area contributed by atoms with Crippen LogP contribution in [0.1, 0.15) is 226 Å². The zero-order valence-corrected chi connectivity index (χ0v) is 35.0. The standard InChI is InChI=1S/C42H84NO8P/c1-3-5-7-9-11-13-15-17-18-19-20-21-22-23-25-27-29-31-33-35-42(45)51-40(39-50-52(46,47)49-37-36-43)38-48-41(44)34-32-30-28-26-24-16-14-12-10-8-6-4-2/h40H,3-39,43H2,1-2H3,(H,46,47)/t40-/m1/s1. The van der Waals surface area contributed by atoms with Crippen molar-refractivity contribution in [3.05, 3.63) is 0 Å². The van der Waals surface area contributed by atoms with E-state index in [0.29, 0.717) is 6.42 Å². The van der Waals surface area contributed by atoms with Crippen molar-refractivity contribution in [3.8, 4) is 0 Å². The first-order valence-electron chi connectivity index (χ1n) is 22.0. The minimum atomic E-state index is -4.37. The first kappa shape index (κ1) is 51.0. The number of hydrogen-bond donors (Lipinski definition) is 2. The van der Waals surface area contributed by atoms with Crippen LogP contribution < -0.4 is 5.73 Å². The third-order valence-electron chi connectivity index (χ3n) is 9.74. The Morgan fingerprint density at radius 2 is 0.827 bits per heavy atom. The number of phosphoric ester groups is 1. The molecule has 0 aromatic rings. The molecule has 0 aromatic carbocycles. The second-order valence-electron chi connectivity index (χ2n) is 14.9. The normalized spacial score (nSPS) is 13.2. The lowest BCUT2D eigenvalue weighted by molar-refractivity contribution is -0.161. The fourth-order valence-electron chi connectivity index (χ4n) is 6.46. The molecule has 0 saturated heterocycles. The fraction of sp³-hybridized carbons (Fsp3) is 0.952. The van der Waals surface area contributed by atoms with Gasteiger partial charge < -0.3 is 20.1 Å². The molecule has 0 spiro atoms. The summed E-state index contributed by atoms with van der Waals surface area (Å²) in [5.41, 5.74) is 5.34. The zero-order valence-electron chi connectivity index (χ0n) is 34.1. The molecule has 0 rings (SSSR count). The Labute approximate surface area is 320 Å². The van der Waals surface area contributed by atoms with Gasteiger partial charge in [0, 0.05) is 19.4 Å². The number of phosphoric acid groups is 1. The quantitative estimate of drug-likeness (QED) is 0.0354. The Kier molecular flexibility index (Phi) is 38.9. The third-order valence-corrected chi connectivity index (χ3v) is 10.7. The smallest absolute Gasteiger partial charge is 0.462 e. The van der Waals surface area contributed by atoms with Crippen LogP contribution in [-0.2, 0) is 32.7 Å². The average Bonchev–Trinajstić information content (AvgIpc) is 3.13. The predicted octanol–water partition coefficient (Wildman–Crippen LogP) is 12.4. The molecule has 1 unspecified atom stereocenters. The maximum atomic E-state index is 12.6. The van der Waals surface area contributed by atoms with E-state index >= 15 is 0 Å². The molecular formula is C42H84NO8P. The van der Waals surface area contributed by atoms with Crippen molar-refractivity contribution < 1.29 is 37.6 Å². The van der Waals surface area contributed by atoms with Gasteiger partial charge in [0.05, 0.1) is 13.2 Å². The van der Waals surface area contributed by atoms with Gasteiger partial charge in [0.15, 0.2) is 6.10 Å². The van der Waals surface area contributed by atoms with Gasteiger partial charge in [-0.1, -0.05) is 200 Å². The van der Waals surface area contributed by atoms with Gasteiger partial charge in [-0.15, -0.1) is 0 Å². The van der Waals surface area contributed by atoms with Crippen LogP contribution in [0.3, 0.4) is 0 Å². The monoisotopic (exact) mass is 762 g/mol. The van der Waals surface area contributed by atoms with Crippen LogP contribution in [0.5, 0.6) is 0 Å². The Bertz CT molecular complexity index is 830. The maximum Gasteiger partial charge on any atom is 0.472 e. The van der Waals surface area contributed by atoms with E-state index < -0.39 is 26.5 Å². The van der Waals surface area contributed by atoms with Crippen LogP contribution in [0.15, 0.2) is 0 Å². The second kappa shape index (κ2) is 39.7. The Balaban J connectivity index is 4.06. The molecule has 10 heteroatoms. The summed E-state index contributed by atoms with van der Waals surface area (Å²) in [5.74, 6) is -0.813. The van der Waals surface area contributed by atoms with E-state index in [1.165, 1.54) is 161 Å². The second-order valence-corrected chi connectivity index (χ2v) is 16.4. The van der Waals surface area contributed by atoms with E-state index in [4.69, 9.17) is 24.3 Å². The topological polar surface area (TPSA) is 134 Å². The number of unbranched alkanes of at least 4 members (excludes halogenated alkanes) is 29. The van der Waals surface area contributed by atoms with Gasteiger partial charge in [-0.2, -0.15) is 0 Å². The Hall–Kier alpha value is -0.990. The van der Waals surface area contributed by atoms with Crippen molar-refractivity contribution >= 4 is 19.8 Å². The summed E-state index contributed by atoms with van der Waals surface area (Å²) >= 11 is 0. The molecule has 0 aliphatic heterocycles. The highest BCUT2D eigenvalue weighted by Gasteiger charge is 2.26. The van der Waals surface area contributed by atoms with Gasteiger partial charge in [0.2, 0.25) is 0 Å². The van der Waals surface area contributed by atoms with Crippen molar-refractivity contribution in [2.75, 3.05) is 26.4 Å². The number of nitrogens with two attached hydrogens (primary N) is 1. The molecule has 0 amide bonds. The van der Waals surface area contributed by atoms with Gasteiger partial charge in [-0.25, -0.2) is 4.57 Å². The SMILES string of the molecule is CCCCCCCCCCCCCCCCCCCCCC(=O)O[C@H](COC(=O)CCCCCCCCCCCCCC)COP(=O)(O)OCCN. The van der Waals surface area contributed by atoms with Gasteiger partial charge in [0.1, 0.15) is 6.61 Å². The first-order chi connectivity index (χ1) is 25.3. The lowest BCUT2D eigenvalue weighted by Crippen LogP contribution is -2.29. The molecule has 2 atom stereocenters. The largest absolute Gasteiger partial charge is 0.472 e. The molecule has 0 aliphatic carbocycles. The van der Waals surface area contributed by atoms with E-state index in [9.17, 15) is 19.0 Å². The van der Waals surface area contributed by atoms with Gasteiger partial charge in [-0.3, -0.25) is 18.6 Å². The maximum absolute atomic E-state index is 12.6. The van der Waals surface area contributed by atoms with Gasteiger partial charge >= 0.3 is 19.8 Å². The highest BCUT2D eigenvalue weighted by molar-refractivity contribution is 7.47. The molecule has 0 bridgehead atoms. The number of carbonyl (C=O) groups excluding carboxylic acids is 2. The van der Waals surface area contributed by atoms with Gasteiger partial charge in [0.25, 0.3) is 0 Å². The first-order valence-corrected chi connectivity index (χ1v) is 23.5. The zero-order chi connectivity index (χ0) is 38.2. The summed E-state index contributed by atoms with van der Waals surface area (Å²) in [4.78, 5) is 34.8. The van der Waals surface area contributed by atoms with Crippen LogP contribution in [-0.4, -0.2) is 49.3 Å². The highest BCUT2D eigenvalue weighted by atomic mass is 31.2. The van der Waals surface area contributed by atoms with Crippen molar-refractivity contribution in [2.45, 2.75) is 232 Å². The minimum Gasteiger partial charge on any atom is -0.462 e. The summed E-state index contributed by atoms with van der Waals surface area (Å²) in [6.45, 7) is 3.77. The molecule has 52 heavy (non-hydrogen) atoms. The lowest BCUT2D eigenvalue weighted by Gasteiger charge is -2.19. The van der Waals surface area contributed by atoms with E-state index in [-0.39, 0.29) is 38.6 Å². The molecule has 9 nitrogen and oxygen atoms in total. The van der Waals surface area contributed by atoms with E-state index in [2.05, 4.69) is 13.8 Å². The number of esters is 2. The summed E-state index contributed by atoms with van der Waals surface area (Å²) < 4.78 is 32.8. The number of rotatable bonds is 42. The van der Waals surface area contributed by atoms with Crippen LogP contribution >= 0.6 is 7.82 Å². The number of ether oxygens (including phenoxy) is 2. The number of carbonyl (C=O) groups is 2.